The molecular weight excluding hydrogens is 292 g/mol. The summed E-state index contributed by atoms with van der Waals surface area (Å²) in [6, 6.07) is 1.63. The van der Waals surface area contributed by atoms with Crippen molar-refractivity contribution in [3.8, 4) is 28.4 Å². The average molecular weight is 299 g/mol. The molecule has 17 heavy (non-hydrogen) atoms. The molecule has 1 aliphatic rings. The number of halogens is 1. The number of nitrogens with two attached hydrogens (primary N) is 1. The molecule has 2 heterocycles. The maximum atomic E-state index is 10.1. The quantitative estimate of drug-likeness (QED) is 0.838. The van der Waals surface area contributed by atoms with Gasteiger partial charge >= 0.3 is 0 Å². The Morgan fingerprint density at radius 3 is 2.94 bits per heavy atom. The van der Waals surface area contributed by atoms with Crippen LogP contribution in [0.1, 0.15) is 0 Å². The number of ether oxygens (including phenoxy) is 2. The third-order valence-corrected chi connectivity index (χ3v) is 3.06. The number of benzene rings is 1. The highest BCUT2D eigenvalue weighted by Crippen LogP contribution is 2.51. The first kappa shape index (κ1) is 10.3. The van der Waals surface area contributed by atoms with E-state index in [0.29, 0.717) is 27.1 Å². The second-order valence-electron chi connectivity index (χ2n) is 3.42. The highest BCUT2D eigenvalue weighted by Gasteiger charge is 2.27. The van der Waals surface area contributed by atoms with E-state index in [-0.39, 0.29) is 18.4 Å². The molecule has 1 aromatic carbocycles. The number of hydrogen-bond donors (Lipinski definition) is 2. The molecule has 0 unspecified atom stereocenters. The number of anilines is 1. The molecular formula is C10H7BrN2O4. The fraction of sp³-hybridized carbons (Fsp3) is 0.100. The van der Waals surface area contributed by atoms with Crippen LogP contribution in [0.15, 0.2) is 21.3 Å². The summed E-state index contributed by atoms with van der Waals surface area (Å²) in [5.74, 6) is 1.08. The average Bonchev–Trinajstić information content (AvgIpc) is 2.89. The van der Waals surface area contributed by atoms with E-state index in [9.17, 15) is 5.11 Å². The predicted molar refractivity (Wildman–Crippen MR) is 61.8 cm³/mol. The molecule has 6 nitrogen and oxygen atoms in total. The van der Waals surface area contributed by atoms with Crippen molar-refractivity contribution in [2.24, 2.45) is 0 Å². The van der Waals surface area contributed by atoms with Gasteiger partial charge in [-0.2, -0.15) is 0 Å². The Morgan fingerprint density at radius 1 is 1.41 bits per heavy atom. The Labute approximate surface area is 104 Å². The number of aromatic nitrogens is 1. The molecule has 0 saturated carbocycles. The number of phenolic OH excluding ortho intramolecular Hbond substituents is 1. The first-order chi connectivity index (χ1) is 8.18. The lowest BCUT2D eigenvalue weighted by Crippen LogP contribution is -1.94. The monoisotopic (exact) mass is 298 g/mol. The zero-order valence-electron chi connectivity index (χ0n) is 8.44. The first-order valence-electron chi connectivity index (χ1n) is 4.70. The number of hydrogen-bond acceptors (Lipinski definition) is 6. The second-order valence-corrected chi connectivity index (χ2v) is 4.27. The molecule has 0 amide bonds. The van der Waals surface area contributed by atoms with Gasteiger partial charge in [-0.25, -0.2) is 0 Å². The molecule has 2 aromatic rings. The van der Waals surface area contributed by atoms with E-state index < -0.39 is 0 Å². The van der Waals surface area contributed by atoms with Crippen molar-refractivity contribution < 1.29 is 19.1 Å². The third-order valence-electron chi connectivity index (χ3n) is 2.46. The van der Waals surface area contributed by atoms with E-state index in [0.717, 1.165) is 0 Å². The minimum absolute atomic E-state index is 0.00384. The number of nitrogen functional groups attached to an aromatic ring is 1. The molecule has 1 aromatic heterocycles. The summed E-state index contributed by atoms with van der Waals surface area (Å²) < 4.78 is 15.8. The van der Waals surface area contributed by atoms with Crippen molar-refractivity contribution >= 4 is 21.8 Å². The summed E-state index contributed by atoms with van der Waals surface area (Å²) >= 11 is 3.23. The Hall–Kier alpha value is -1.89. The van der Waals surface area contributed by atoms with Crippen LogP contribution in [0.2, 0.25) is 0 Å². The molecule has 88 valence electrons. The van der Waals surface area contributed by atoms with Crippen LogP contribution in [-0.2, 0) is 0 Å². The molecule has 0 fully saturated rings. The van der Waals surface area contributed by atoms with E-state index >= 15 is 0 Å². The summed E-state index contributed by atoms with van der Waals surface area (Å²) in [7, 11) is 0. The topological polar surface area (TPSA) is 90.7 Å². The highest BCUT2D eigenvalue weighted by atomic mass is 79.9. The van der Waals surface area contributed by atoms with Crippen molar-refractivity contribution in [3.05, 3.63) is 16.7 Å². The van der Waals surface area contributed by atoms with E-state index in [1.54, 1.807) is 6.07 Å². The van der Waals surface area contributed by atoms with Crippen LogP contribution in [0, 0.1) is 0 Å². The standard InChI is InChI=1S/C10H7BrN2O4/c11-5-1-6-9(16-3-15-6)7(8(5)14)4-2-13-17-10(4)12/h1-2,14H,3,12H2. The molecule has 3 rings (SSSR count). The predicted octanol–water partition coefficient (Wildman–Crippen LogP) is 2.12. The summed E-state index contributed by atoms with van der Waals surface area (Å²) in [6.07, 6.45) is 1.42. The van der Waals surface area contributed by atoms with Crippen molar-refractivity contribution in [2.45, 2.75) is 0 Å². The molecule has 0 radical (unpaired) electrons. The summed E-state index contributed by atoms with van der Waals surface area (Å²) in [6.45, 7) is 0.101. The maximum absolute atomic E-state index is 10.1. The van der Waals surface area contributed by atoms with E-state index in [1.807, 2.05) is 0 Å². The van der Waals surface area contributed by atoms with Crippen molar-refractivity contribution in [3.63, 3.8) is 0 Å². The van der Waals surface area contributed by atoms with Crippen LogP contribution in [0.3, 0.4) is 0 Å². The van der Waals surface area contributed by atoms with Gasteiger partial charge in [0.15, 0.2) is 11.5 Å². The molecule has 0 aliphatic carbocycles. The van der Waals surface area contributed by atoms with Crippen LogP contribution in [0.4, 0.5) is 5.88 Å². The Bertz CT molecular complexity index is 596. The summed E-state index contributed by atoms with van der Waals surface area (Å²) in [4.78, 5) is 0. The van der Waals surface area contributed by atoms with Crippen LogP contribution >= 0.6 is 15.9 Å². The molecule has 0 bridgehead atoms. The normalized spacial score (nSPS) is 13.0. The van der Waals surface area contributed by atoms with E-state index in [2.05, 4.69) is 21.1 Å². The number of aromatic hydroxyl groups is 1. The zero-order valence-corrected chi connectivity index (χ0v) is 10.0. The third kappa shape index (κ3) is 1.42. The Morgan fingerprint density at radius 2 is 2.24 bits per heavy atom. The van der Waals surface area contributed by atoms with Crippen LogP contribution in [0.5, 0.6) is 17.2 Å². The van der Waals surface area contributed by atoms with Crippen molar-refractivity contribution in [2.75, 3.05) is 12.5 Å². The molecule has 0 atom stereocenters. The van der Waals surface area contributed by atoms with Gasteiger partial charge in [0.25, 0.3) is 0 Å². The number of rotatable bonds is 1. The van der Waals surface area contributed by atoms with Crippen LogP contribution in [0.25, 0.3) is 11.1 Å². The Kier molecular flexibility index (Phi) is 2.15. The molecule has 0 spiro atoms. The maximum Gasteiger partial charge on any atom is 0.231 e. The minimum Gasteiger partial charge on any atom is -0.506 e. The highest BCUT2D eigenvalue weighted by molar-refractivity contribution is 9.10. The lowest BCUT2D eigenvalue weighted by molar-refractivity contribution is 0.174. The van der Waals surface area contributed by atoms with Crippen molar-refractivity contribution in [1.29, 1.82) is 0 Å². The van der Waals surface area contributed by atoms with Crippen LogP contribution < -0.4 is 15.2 Å². The number of phenols is 1. The Balaban J connectivity index is 2.33. The van der Waals surface area contributed by atoms with Gasteiger partial charge in [0.1, 0.15) is 5.75 Å². The second kappa shape index (κ2) is 3.56. The molecule has 3 N–H and O–H groups in total. The largest absolute Gasteiger partial charge is 0.506 e. The summed E-state index contributed by atoms with van der Waals surface area (Å²) in [5, 5.41) is 13.6. The van der Waals surface area contributed by atoms with E-state index in [4.69, 9.17) is 19.7 Å². The number of fused-ring (bicyclic) bond motifs is 1. The van der Waals surface area contributed by atoms with Gasteiger partial charge < -0.3 is 24.8 Å². The first-order valence-corrected chi connectivity index (χ1v) is 5.49. The van der Waals surface area contributed by atoms with Crippen LogP contribution in [-0.4, -0.2) is 17.1 Å². The van der Waals surface area contributed by atoms with Gasteiger partial charge in [0, 0.05) is 6.07 Å². The summed E-state index contributed by atoms with van der Waals surface area (Å²) in [5.41, 5.74) is 6.51. The lowest BCUT2D eigenvalue weighted by Gasteiger charge is -2.08. The van der Waals surface area contributed by atoms with Gasteiger partial charge in [-0.3, -0.25) is 0 Å². The molecule has 7 heteroatoms. The van der Waals surface area contributed by atoms with Gasteiger partial charge in [-0.15, -0.1) is 0 Å². The van der Waals surface area contributed by atoms with Gasteiger partial charge in [0.05, 0.1) is 21.8 Å². The van der Waals surface area contributed by atoms with Gasteiger partial charge in [-0.05, 0) is 15.9 Å². The van der Waals surface area contributed by atoms with E-state index in [1.165, 1.54) is 6.20 Å². The molecule has 1 aliphatic heterocycles. The van der Waals surface area contributed by atoms with Gasteiger partial charge in [0.2, 0.25) is 12.7 Å². The smallest absolute Gasteiger partial charge is 0.231 e. The SMILES string of the molecule is Nc1oncc1-c1c(O)c(Br)cc2c1OCO2. The minimum atomic E-state index is 0.00384. The lowest BCUT2D eigenvalue weighted by atomic mass is 10.1. The van der Waals surface area contributed by atoms with Crippen molar-refractivity contribution in [1.82, 2.24) is 5.16 Å². The number of nitrogens with zero attached hydrogens (tertiary/aromatic N) is 1. The fourth-order valence-corrected chi connectivity index (χ4v) is 2.09. The fourth-order valence-electron chi connectivity index (χ4n) is 1.69. The molecule has 0 saturated heterocycles. The van der Waals surface area contributed by atoms with Gasteiger partial charge in [-0.1, -0.05) is 5.16 Å². The zero-order chi connectivity index (χ0) is 12.0.